The first-order valence-electron chi connectivity index (χ1n) is 5.55. The molecule has 19 heavy (non-hydrogen) atoms. The molecule has 0 aliphatic rings. The third-order valence-corrected chi connectivity index (χ3v) is 4.61. The highest BCUT2D eigenvalue weighted by molar-refractivity contribution is 7.91. The standard InChI is InChI=1S/C11H15ClN2O4S/c1-13(2)6-3-7-19(17,18)9-4-5-10(12)11(8-9)14(15)16/h4-5,8H,3,6-7H2,1-2H3. The minimum atomic E-state index is -3.52. The zero-order chi connectivity index (χ0) is 14.6. The second-order valence-corrected chi connectivity index (χ2v) is 6.86. The summed E-state index contributed by atoms with van der Waals surface area (Å²) >= 11 is 5.64. The van der Waals surface area contributed by atoms with E-state index in [1.165, 1.54) is 12.1 Å². The maximum Gasteiger partial charge on any atom is 0.289 e. The van der Waals surface area contributed by atoms with Crippen LogP contribution in [0.15, 0.2) is 23.1 Å². The summed E-state index contributed by atoms with van der Waals surface area (Å²) in [5, 5.41) is 10.7. The van der Waals surface area contributed by atoms with Crippen LogP contribution in [0.5, 0.6) is 0 Å². The van der Waals surface area contributed by atoms with E-state index in [9.17, 15) is 18.5 Å². The van der Waals surface area contributed by atoms with Crippen molar-refractivity contribution in [1.29, 1.82) is 0 Å². The smallest absolute Gasteiger partial charge is 0.289 e. The fourth-order valence-corrected chi connectivity index (χ4v) is 3.01. The van der Waals surface area contributed by atoms with Gasteiger partial charge in [0.05, 0.1) is 15.6 Å². The third kappa shape index (κ3) is 4.45. The van der Waals surface area contributed by atoms with Crippen LogP contribution in [0.1, 0.15) is 6.42 Å². The molecule has 0 unspecified atom stereocenters. The fraction of sp³-hybridized carbons (Fsp3) is 0.455. The lowest BCUT2D eigenvalue weighted by Gasteiger charge is -2.09. The maximum absolute atomic E-state index is 12.0. The van der Waals surface area contributed by atoms with Crippen molar-refractivity contribution >= 4 is 27.1 Å². The van der Waals surface area contributed by atoms with E-state index in [-0.39, 0.29) is 15.7 Å². The van der Waals surface area contributed by atoms with Crippen LogP contribution in [-0.2, 0) is 9.84 Å². The van der Waals surface area contributed by atoms with Gasteiger partial charge in [0.2, 0.25) is 0 Å². The maximum atomic E-state index is 12.0. The lowest BCUT2D eigenvalue weighted by Crippen LogP contribution is -2.17. The van der Waals surface area contributed by atoms with E-state index >= 15 is 0 Å². The van der Waals surface area contributed by atoms with Crippen molar-refractivity contribution in [2.75, 3.05) is 26.4 Å². The summed E-state index contributed by atoms with van der Waals surface area (Å²) in [6.07, 6.45) is 0.464. The molecular formula is C11H15ClN2O4S. The number of nitro benzene ring substituents is 1. The number of sulfone groups is 1. The Hall–Kier alpha value is -1.18. The first-order valence-corrected chi connectivity index (χ1v) is 7.58. The summed E-state index contributed by atoms with van der Waals surface area (Å²) in [5.41, 5.74) is -0.393. The molecule has 0 N–H and O–H groups in total. The van der Waals surface area contributed by atoms with Crippen molar-refractivity contribution in [3.63, 3.8) is 0 Å². The van der Waals surface area contributed by atoms with Crippen molar-refractivity contribution in [3.8, 4) is 0 Å². The minimum Gasteiger partial charge on any atom is -0.309 e. The van der Waals surface area contributed by atoms with Gasteiger partial charge in [-0.2, -0.15) is 0 Å². The molecule has 1 aromatic carbocycles. The zero-order valence-corrected chi connectivity index (χ0v) is 12.2. The summed E-state index contributed by atoms with van der Waals surface area (Å²) < 4.78 is 24.0. The molecule has 0 amide bonds. The summed E-state index contributed by atoms with van der Waals surface area (Å²) in [7, 11) is 0.175. The monoisotopic (exact) mass is 306 g/mol. The summed E-state index contributed by atoms with van der Waals surface area (Å²) in [5.74, 6) is -0.0516. The molecule has 106 valence electrons. The molecule has 0 atom stereocenters. The van der Waals surface area contributed by atoms with Gasteiger partial charge in [-0.05, 0) is 39.2 Å². The Bertz CT molecular complexity index is 572. The quantitative estimate of drug-likeness (QED) is 0.593. The van der Waals surface area contributed by atoms with Crippen LogP contribution in [0.4, 0.5) is 5.69 Å². The van der Waals surface area contributed by atoms with Gasteiger partial charge in [-0.3, -0.25) is 10.1 Å². The lowest BCUT2D eigenvalue weighted by atomic mass is 10.3. The Morgan fingerprint density at radius 2 is 2.00 bits per heavy atom. The molecule has 0 fully saturated rings. The lowest BCUT2D eigenvalue weighted by molar-refractivity contribution is -0.384. The van der Waals surface area contributed by atoms with Gasteiger partial charge in [0, 0.05) is 6.07 Å². The van der Waals surface area contributed by atoms with Gasteiger partial charge in [-0.25, -0.2) is 8.42 Å². The normalized spacial score (nSPS) is 11.8. The van der Waals surface area contributed by atoms with Crippen LogP contribution in [0.3, 0.4) is 0 Å². The second-order valence-electron chi connectivity index (χ2n) is 4.35. The summed E-state index contributed by atoms with van der Waals surface area (Å²) in [4.78, 5) is 11.8. The molecule has 6 nitrogen and oxygen atoms in total. The highest BCUT2D eigenvalue weighted by Crippen LogP contribution is 2.27. The minimum absolute atomic E-state index is 0.0516. The number of hydrogen-bond acceptors (Lipinski definition) is 5. The number of nitrogens with zero attached hydrogens (tertiary/aromatic N) is 2. The van der Waals surface area contributed by atoms with Crippen LogP contribution >= 0.6 is 11.6 Å². The van der Waals surface area contributed by atoms with E-state index in [2.05, 4.69) is 0 Å². The topological polar surface area (TPSA) is 80.5 Å². The van der Waals surface area contributed by atoms with Crippen molar-refractivity contribution in [3.05, 3.63) is 33.3 Å². The second kappa shape index (κ2) is 6.31. The average Bonchev–Trinajstić information content (AvgIpc) is 2.27. The van der Waals surface area contributed by atoms with Gasteiger partial charge in [0.1, 0.15) is 5.02 Å². The van der Waals surface area contributed by atoms with Gasteiger partial charge in [0.15, 0.2) is 9.84 Å². The SMILES string of the molecule is CN(C)CCCS(=O)(=O)c1ccc(Cl)c([N+](=O)[O-])c1. The first kappa shape index (κ1) is 15.9. The molecule has 0 aromatic heterocycles. The molecule has 1 aromatic rings. The molecule has 0 bridgehead atoms. The molecule has 0 aliphatic carbocycles. The number of nitro groups is 1. The summed E-state index contributed by atoms with van der Waals surface area (Å²) in [6, 6.07) is 3.53. The van der Waals surface area contributed by atoms with Crippen molar-refractivity contribution in [1.82, 2.24) is 4.90 Å². The Labute approximate surface area is 117 Å². The first-order chi connectivity index (χ1) is 8.74. The predicted molar refractivity (Wildman–Crippen MR) is 73.3 cm³/mol. The van der Waals surface area contributed by atoms with Gasteiger partial charge < -0.3 is 4.90 Å². The van der Waals surface area contributed by atoms with Gasteiger partial charge in [-0.15, -0.1) is 0 Å². The van der Waals surface area contributed by atoms with Crippen molar-refractivity contribution < 1.29 is 13.3 Å². The molecule has 1 rings (SSSR count). The zero-order valence-electron chi connectivity index (χ0n) is 10.7. The van der Waals surface area contributed by atoms with Crippen molar-refractivity contribution in [2.45, 2.75) is 11.3 Å². The fourth-order valence-electron chi connectivity index (χ4n) is 1.51. The molecule has 0 saturated heterocycles. The van der Waals surface area contributed by atoms with Crippen LogP contribution in [-0.4, -0.2) is 44.6 Å². The molecule has 0 spiro atoms. The molecule has 0 heterocycles. The van der Waals surface area contributed by atoms with Crippen molar-refractivity contribution in [2.24, 2.45) is 0 Å². The molecule has 0 aliphatic heterocycles. The number of halogens is 1. The molecule has 0 radical (unpaired) electrons. The van der Waals surface area contributed by atoms with E-state index < -0.39 is 20.4 Å². The Morgan fingerprint density at radius 3 is 2.53 bits per heavy atom. The Morgan fingerprint density at radius 1 is 1.37 bits per heavy atom. The van der Waals surface area contributed by atoms with E-state index in [0.29, 0.717) is 13.0 Å². The molecule has 8 heteroatoms. The van der Waals surface area contributed by atoms with Gasteiger partial charge >= 0.3 is 0 Å². The number of hydrogen-bond donors (Lipinski definition) is 0. The number of benzene rings is 1. The van der Waals surface area contributed by atoms with Crippen LogP contribution in [0.25, 0.3) is 0 Å². The third-order valence-electron chi connectivity index (χ3n) is 2.49. The highest BCUT2D eigenvalue weighted by Gasteiger charge is 2.20. The number of rotatable bonds is 6. The Balaban J connectivity index is 2.96. The molecular weight excluding hydrogens is 292 g/mol. The highest BCUT2D eigenvalue weighted by atomic mass is 35.5. The average molecular weight is 307 g/mol. The van der Waals surface area contributed by atoms with E-state index in [1.54, 1.807) is 0 Å². The molecule has 0 saturated carbocycles. The summed E-state index contributed by atoms with van der Waals surface area (Å²) in [6.45, 7) is 0.634. The van der Waals surface area contributed by atoms with E-state index in [4.69, 9.17) is 11.6 Å². The van der Waals surface area contributed by atoms with Gasteiger partial charge in [0.25, 0.3) is 5.69 Å². The van der Waals surface area contributed by atoms with E-state index in [1.807, 2.05) is 19.0 Å². The van der Waals surface area contributed by atoms with Crippen LogP contribution < -0.4 is 0 Å². The van der Waals surface area contributed by atoms with Crippen LogP contribution in [0, 0.1) is 10.1 Å². The predicted octanol–water partition coefficient (Wildman–Crippen LogP) is 1.97. The largest absolute Gasteiger partial charge is 0.309 e. The van der Waals surface area contributed by atoms with Gasteiger partial charge in [-0.1, -0.05) is 11.6 Å². The van der Waals surface area contributed by atoms with E-state index in [0.717, 1.165) is 6.07 Å². The van der Waals surface area contributed by atoms with Crippen LogP contribution in [0.2, 0.25) is 5.02 Å². The Kier molecular flexibility index (Phi) is 5.28.